The average Bonchev–Trinajstić information content (AvgIpc) is 3.10. The highest BCUT2D eigenvalue weighted by molar-refractivity contribution is 5.76. The van der Waals surface area contributed by atoms with E-state index in [-0.39, 0.29) is 12.5 Å². The van der Waals surface area contributed by atoms with Crippen LogP contribution in [0.1, 0.15) is 251 Å². The predicted molar refractivity (Wildman–Crippen MR) is 216 cm³/mol. The fourth-order valence-corrected chi connectivity index (χ4v) is 7.06. The van der Waals surface area contributed by atoms with E-state index < -0.39 is 12.1 Å². The third kappa shape index (κ3) is 38.2. The Kier molecular flexibility index (Phi) is 40.8. The molecule has 4 nitrogen and oxygen atoms in total. The van der Waals surface area contributed by atoms with E-state index in [1.54, 1.807) is 6.08 Å². The zero-order valence-corrected chi connectivity index (χ0v) is 33.5. The van der Waals surface area contributed by atoms with Crippen molar-refractivity contribution in [3.8, 4) is 0 Å². The molecule has 2 unspecified atom stereocenters. The van der Waals surface area contributed by atoms with Gasteiger partial charge in [0.05, 0.1) is 18.8 Å². The van der Waals surface area contributed by atoms with Gasteiger partial charge in [-0.1, -0.05) is 238 Å². The first-order valence-corrected chi connectivity index (χ1v) is 22.4. The Morgan fingerprint density at radius 2 is 0.755 bits per heavy atom. The Bertz CT molecular complexity index is 666. The van der Waals surface area contributed by atoms with Crippen LogP contribution in [0.4, 0.5) is 0 Å². The molecule has 4 heteroatoms. The lowest BCUT2D eigenvalue weighted by Crippen LogP contribution is -2.45. The summed E-state index contributed by atoms with van der Waals surface area (Å²) in [7, 11) is 0. The molecular formula is C45H89NO3. The number of nitrogens with one attached hydrogen (secondary N) is 1. The molecule has 0 saturated heterocycles. The van der Waals surface area contributed by atoms with E-state index in [4.69, 9.17) is 0 Å². The fourth-order valence-electron chi connectivity index (χ4n) is 7.06. The van der Waals surface area contributed by atoms with Gasteiger partial charge in [-0.3, -0.25) is 4.79 Å². The molecule has 0 fully saturated rings. The van der Waals surface area contributed by atoms with E-state index in [2.05, 4.69) is 19.2 Å². The summed E-state index contributed by atoms with van der Waals surface area (Å²) in [4.78, 5) is 12.3. The van der Waals surface area contributed by atoms with Crippen LogP contribution >= 0.6 is 0 Å². The number of unbranched alkanes of at least 4 members (excludes halogenated alkanes) is 34. The van der Waals surface area contributed by atoms with E-state index in [0.717, 1.165) is 25.7 Å². The first kappa shape index (κ1) is 48.1. The Hall–Kier alpha value is -0.870. The highest BCUT2D eigenvalue weighted by Crippen LogP contribution is 2.17. The van der Waals surface area contributed by atoms with E-state index in [9.17, 15) is 15.0 Å². The highest BCUT2D eigenvalue weighted by Gasteiger charge is 2.17. The lowest BCUT2D eigenvalue weighted by Gasteiger charge is -2.20. The smallest absolute Gasteiger partial charge is 0.220 e. The van der Waals surface area contributed by atoms with Gasteiger partial charge in [-0.05, 0) is 19.3 Å². The van der Waals surface area contributed by atoms with Crippen LogP contribution in [0.15, 0.2) is 12.2 Å². The normalized spacial score (nSPS) is 13.0. The van der Waals surface area contributed by atoms with Crippen LogP contribution < -0.4 is 5.32 Å². The van der Waals surface area contributed by atoms with Crippen molar-refractivity contribution in [2.45, 2.75) is 264 Å². The molecule has 0 aliphatic rings. The number of carbonyl (C=O) groups is 1. The molecule has 49 heavy (non-hydrogen) atoms. The van der Waals surface area contributed by atoms with Crippen LogP contribution in [0.3, 0.4) is 0 Å². The average molecular weight is 692 g/mol. The molecule has 0 spiro atoms. The largest absolute Gasteiger partial charge is 0.394 e. The number of aliphatic hydroxyl groups excluding tert-OH is 2. The maximum atomic E-state index is 12.3. The van der Waals surface area contributed by atoms with Crippen molar-refractivity contribution < 1.29 is 15.0 Å². The van der Waals surface area contributed by atoms with E-state index in [0.29, 0.717) is 6.42 Å². The second-order valence-corrected chi connectivity index (χ2v) is 15.5. The van der Waals surface area contributed by atoms with E-state index in [1.807, 2.05) is 6.08 Å². The van der Waals surface area contributed by atoms with E-state index in [1.165, 1.54) is 205 Å². The quantitative estimate of drug-likeness (QED) is 0.0441. The summed E-state index contributed by atoms with van der Waals surface area (Å²) in [5.74, 6) is -0.0636. The van der Waals surface area contributed by atoms with Crippen molar-refractivity contribution in [3.63, 3.8) is 0 Å². The van der Waals surface area contributed by atoms with Gasteiger partial charge in [0.2, 0.25) is 5.91 Å². The van der Waals surface area contributed by atoms with Crippen LogP contribution in [0.25, 0.3) is 0 Å². The Labute approximate surface area is 307 Å². The maximum Gasteiger partial charge on any atom is 0.220 e. The monoisotopic (exact) mass is 692 g/mol. The molecule has 0 rings (SSSR count). The van der Waals surface area contributed by atoms with Crippen LogP contribution in [-0.4, -0.2) is 34.9 Å². The number of carbonyl (C=O) groups excluding carboxylic acids is 1. The Morgan fingerprint density at radius 3 is 1.06 bits per heavy atom. The number of hydrogen-bond acceptors (Lipinski definition) is 3. The van der Waals surface area contributed by atoms with Gasteiger partial charge in [0, 0.05) is 6.42 Å². The number of aliphatic hydroxyl groups is 2. The molecule has 292 valence electrons. The summed E-state index contributed by atoms with van der Waals surface area (Å²) in [5.41, 5.74) is 0. The molecule has 0 aromatic heterocycles. The summed E-state index contributed by atoms with van der Waals surface area (Å²) in [6.45, 7) is 4.27. The standard InChI is InChI=1S/C45H89NO3/c1-3-5-7-9-11-12-13-14-15-16-17-18-19-20-21-22-23-24-25-26-27-28-29-30-31-32-33-35-37-39-41-45(49)46-43(42-47)44(48)40-38-36-34-10-8-6-4-2/h38,40,43-44,47-48H,3-37,39,41-42H2,1-2H3,(H,46,49)/b40-38+. The summed E-state index contributed by atoms with van der Waals surface area (Å²) in [6.07, 6.45) is 52.2. The molecule has 0 aliphatic heterocycles. The lowest BCUT2D eigenvalue weighted by atomic mass is 10.0. The minimum Gasteiger partial charge on any atom is -0.394 e. The number of amides is 1. The molecule has 0 aromatic rings. The fraction of sp³-hybridized carbons (Fsp3) is 0.933. The molecule has 0 aromatic carbocycles. The summed E-state index contributed by atoms with van der Waals surface area (Å²) >= 11 is 0. The van der Waals surface area contributed by atoms with Crippen LogP contribution in [0, 0.1) is 0 Å². The third-order valence-electron chi connectivity index (χ3n) is 10.5. The number of rotatable bonds is 41. The van der Waals surface area contributed by atoms with Gasteiger partial charge in [-0.2, -0.15) is 0 Å². The molecule has 0 bridgehead atoms. The molecular weight excluding hydrogens is 602 g/mol. The second-order valence-electron chi connectivity index (χ2n) is 15.5. The molecule has 2 atom stereocenters. The molecule has 0 radical (unpaired) electrons. The van der Waals surface area contributed by atoms with Gasteiger partial charge >= 0.3 is 0 Å². The van der Waals surface area contributed by atoms with Crippen molar-refractivity contribution in [1.82, 2.24) is 5.32 Å². The maximum absolute atomic E-state index is 12.3. The molecule has 3 N–H and O–H groups in total. The second kappa shape index (κ2) is 41.5. The van der Waals surface area contributed by atoms with Crippen molar-refractivity contribution in [2.75, 3.05) is 6.61 Å². The van der Waals surface area contributed by atoms with Gasteiger partial charge in [0.15, 0.2) is 0 Å². The van der Waals surface area contributed by atoms with Crippen molar-refractivity contribution >= 4 is 5.91 Å². The van der Waals surface area contributed by atoms with Gasteiger partial charge in [0.25, 0.3) is 0 Å². The van der Waals surface area contributed by atoms with Crippen LogP contribution in [-0.2, 0) is 4.79 Å². The number of allylic oxidation sites excluding steroid dienone is 1. The van der Waals surface area contributed by atoms with Gasteiger partial charge in [-0.15, -0.1) is 0 Å². The van der Waals surface area contributed by atoms with Crippen LogP contribution in [0.5, 0.6) is 0 Å². The molecule has 0 aliphatic carbocycles. The van der Waals surface area contributed by atoms with Gasteiger partial charge in [0.1, 0.15) is 0 Å². The summed E-state index contributed by atoms with van der Waals surface area (Å²) < 4.78 is 0. The first-order chi connectivity index (χ1) is 24.2. The SMILES string of the molecule is CCCCCCC/C=C/C(O)C(CO)NC(=O)CCCCCCCCCCCCCCCCCCCCCCCCCCCCCCCC. The van der Waals surface area contributed by atoms with Crippen molar-refractivity contribution in [3.05, 3.63) is 12.2 Å². The lowest BCUT2D eigenvalue weighted by molar-refractivity contribution is -0.123. The highest BCUT2D eigenvalue weighted by atomic mass is 16.3. The van der Waals surface area contributed by atoms with E-state index >= 15 is 0 Å². The van der Waals surface area contributed by atoms with Crippen molar-refractivity contribution in [2.24, 2.45) is 0 Å². The summed E-state index contributed by atoms with van der Waals surface area (Å²) in [5, 5.41) is 22.8. The minimum atomic E-state index is -0.831. The van der Waals surface area contributed by atoms with Gasteiger partial charge in [-0.25, -0.2) is 0 Å². The molecule has 0 saturated carbocycles. The molecule has 0 heterocycles. The minimum absolute atomic E-state index is 0.0636. The number of hydrogen-bond donors (Lipinski definition) is 3. The summed E-state index contributed by atoms with van der Waals surface area (Å²) in [6, 6.07) is -0.614. The third-order valence-corrected chi connectivity index (χ3v) is 10.5. The Morgan fingerprint density at radius 1 is 0.469 bits per heavy atom. The predicted octanol–water partition coefficient (Wildman–Crippen LogP) is 13.9. The van der Waals surface area contributed by atoms with Crippen molar-refractivity contribution in [1.29, 1.82) is 0 Å². The Balaban J connectivity index is 3.34. The molecule has 1 amide bonds. The van der Waals surface area contributed by atoms with Gasteiger partial charge < -0.3 is 15.5 Å². The zero-order valence-electron chi connectivity index (χ0n) is 33.5. The first-order valence-electron chi connectivity index (χ1n) is 22.4. The zero-order chi connectivity index (χ0) is 35.7. The topological polar surface area (TPSA) is 69.6 Å². The van der Waals surface area contributed by atoms with Crippen LogP contribution in [0.2, 0.25) is 0 Å².